The molecule has 4 nitrogen and oxygen atoms in total. The number of unbranched alkanes of at least 4 members (excludes halogenated alkanes) is 2. The zero-order chi connectivity index (χ0) is 21.9. The Kier molecular flexibility index (Phi) is 5.77. The first-order valence-corrected chi connectivity index (χ1v) is 12.4. The molecule has 170 valence electrons. The van der Waals surface area contributed by atoms with Crippen molar-refractivity contribution in [2.45, 2.75) is 110 Å². The second-order valence-electron chi connectivity index (χ2n) is 11.6. The number of fused-ring (bicyclic) bond motifs is 5. The highest BCUT2D eigenvalue weighted by Gasteiger charge is 2.66. The maximum Gasteiger partial charge on any atom is 0.159 e. The van der Waals surface area contributed by atoms with Crippen LogP contribution in [0, 0.1) is 34.5 Å². The molecule has 3 N–H and O–H groups in total. The molecule has 3 fully saturated rings. The van der Waals surface area contributed by atoms with Crippen molar-refractivity contribution >= 4 is 5.78 Å². The average Bonchev–Trinajstić information content (AvgIpc) is 2.96. The Morgan fingerprint density at radius 2 is 1.83 bits per heavy atom. The van der Waals surface area contributed by atoms with Crippen LogP contribution in [0.5, 0.6) is 0 Å². The van der Waals surface area contributed by atoms with Crippen LogP contribution < -0.4 is 0 Å². The molecule has 0 saturated heterocycles. The van der Waals surface area contributed by atoms with Crippen LogP contribution in [0.3, 0.4) is 0 Å². The lowest BCUT2D eigenvalue weighted by molar-refractivity contribution is -0.153. The fourth-order valence-corrected chi connectivity index (χ4v) is 8.24. The molecule has 0 radical (unpaired) electrons. The first-order valence-electron chi connectivity index (χ1n) is 12.4. The van der Waals surface area contributed by atoms with Crippen LogP contribution in [0.4, 0.5) is 0 Å². The number of carbonyl (C=O) groups excluding carboxylic acids is 1. The Labute approximate surface area is 182 Å². The van der Waals surface area contributed by atoms with Crippen molar-refractivity contribution in [3.63, 3.8) is 0 Å². The van der Waals surface area contributed by atoms with E-state index in [4.69, 9.17) is 0 Å². The van der Waals surface area contributed by atoms with E-state index >= 15 is 0 Å². The fourth-order valence-electron chi connectivity index (χ4n) is 8.24. The van der Waals surface area contributed by atoms with Crippen molar-refractivity contribution in [1.82, 2.24) is 0 Å². The van der Waals surface area contributed by atoms with E-state index in [2.05, 4.69) is 27.7 Å². The quantitative estimate of drug-likeness (QED) is 0.578. The molecule has 4 heteroatoms. The Balaban J connectivity index is 1.65. The van der Waals surface area contributed by atoms with Gasteiger partial charge in [0.15, 0.2) is 5.78 Å². The number of hydrogen-bond donors (Lipinski definition) is 3. The maximum atomic E-state index is 13.2. The van der Waals surface area contributed by atoms with Gasteiger partial charge in [0.1, 0.15) is 0 Å². The lowest BCUT2D eigenvalue weighted by atomic mass is 9.46. The molecular weight excluding hydrogens is 376 g/mol. The van der Waals surface area contributed by atoms with E-state index < -0.39 is 17.8 Å². The largest absolute Gasteiger partial charge is 0.390 e. The van der Waals surface area contributed by atoms with Crippen LogP contribution in [-0.4, -0.2) is 38.9 Å². The van der Waals surface area contributed by atoms with Gasteiger partial charge in [0.05, 0.1) is 17.8 Å². The molecule has 9 atom stereocenters. The van der Waals surface area contributed by atoms with Crippen molar-refractivity contribution in [3.8, 4) is 0 Å². The van der Waals surface area contributed by atoms with E-state index in [0.29, 0.717) is 24.7 Å². The van der Waals surface area contributed by atoms with E-state index in [-0.39, 0.29) is 28.4 Å². The summed E-state index contributed by atoms with van der Waals surface area (Å²) < 4.78 is 0. The Morgan fingerprint density at radius 1 is 1.10 bits per heavy atom. The summed E-state index contributed by atoms with van der Waals surface area (Å²) in [4.78, 5) is 13.2. The first kappa shape index (κ1) is 22.5. The van der Waals surface area contributed by atoms with Gasteiger partial charge in [-0.2, -0.15) is 0 Å². The zero-order valence-corrected chi connectivity index (χ0v) is 19.4. The third-order valence-corrected chi connectivity index (χ3v) is 10.1. The number of aliphatic hydroxyl groups excluding tert-OH is 2. The minimum Gasteiger partial charge on any atom is -0.390 e. The molecule has 4 aliphatic rings. The van der Waals surface area contributed by atoms with Gasteiger partial charge in [0, 0.05) is 11.3 Å². The second-order valence-corrected chi connectivity index (χ2v) is 11.6. The van der Waals surface area contributed by atoms with Gasteiger partial charge in [-0.3, -0.25) is 4.79 Å². The molecule has 0 heterocycles. The van der Waals surface area contributed by atoms with E-state index in [9.17, 15) is 20.1 Å². The summed E-state index contributed by atoms with van der Waals surface area (Å²) >= 11 is 0. The summed E-state index contributed by atoms with van der Waals surface area (Å²) in [6, 6.07) is 0. The standard InChI is InChI=1S/C26H42O4/c1-5-6-7-8-16(2)17-10-12-26(30)19-13-21(27)20-14-22(28)23(29)15-24(20,3)18(19)9-11-25(17,26)4/h13,16-18,20,22-23,28-30H,5-12,14-15H2,1-4H3/t16-,17-,18+,20+,22-,23+,24-,25-,26-/m1/s1. The Hall–Kier alpha value is -0.710. The first-order chi connectivity index (χ1) is 14.1. The third kappa shape index (κ3) is 3.08. The van der Waals surface area contributed by atoms with Crippen LogP contribution >= 0.6 is 0 Å². The molecule has 0 aromatic heterocycles. The molecule has 0 aromatic rings. The highest BCUT2D eigenvalue weighted by atomic mass is 16.3. The van der Waals surface area contributed by atoms with Gasteiger partial charge in [0.2, 0.25) is 0 Å². The lowest BCUT2D eigenvalue weighted by Gasteiger charge is -2.60. The summed E-state index contributed by atoms with van der Waals surface area (Å²) in [7, 11) is 0. The van der Waals surface area contributed by atoms with Gasteiger partial charge in [0.25, 0.3) is 0 Å². The van der Waals surface area contributed by atoms with E-state index in [1.807, 2.05) is 0 Å². The normalized spacial score (nSPS) is 49.1. The van der Waals surface area contributed by atoms with Crippen LogP contribution in [-0.2, 0) is 4.79 Å². The highest BCUT2D eigenvalue weighted by molar-refractivity contribution is 5.95. The van der Waals surface area contributed by atoms with Crippen molar-refractivity contribution < 1.29 is 20.1 Å². The molecule has 4 rings (SSSR count). The highest BCUT2D eigenvalue weighted by Crippen LogP contribution is 2.68. The maximum absolute atomic E-state index is 13.2. The van der Waals surface area contributed by atoms with Crippen molar-refractivity contribution in [3.05, 3.63) is 11.6 Å². The Morgan fingerprint density at radius 3 is 2.53 bits per heavy atom. The van der Waals surface area contributed by atoms with Gasteiger partial charge < -0.3 is 15.3 Å². The molecule has 0 unspecified atom stereocenters. The van der Waals surface area contributed by atoms with E-state index in [0.717, 1.165) is 31.3 Å². The predicted octanol–water partition coefficient (Wildman–Crippen LogP) is 4.41. The van der Waals surface area contributed by atoms with Crippen molar-refractivity contribution in [2.75, 3.05) is 0 Å². The summed E-state index contributed by atoms with van der Waals surface area (Å²) in [5.74, 6) is 0.992. The zero-order valence-electron chi connectivity index (χ0n) is 19.4. The number of hydrogen-bond acceptors (Lipinski definition) is 4. The number of carbonyl (C=O) groups is 1. The summed E-state index contributed by atoms with van der Waals surface area (Å²) in [5.41, 5.74) is -0.518. The van der Waals surface area contributed by atoms with E-state index in [1.165, 1.54) is 25.7 Å². The van der Waals surface area contributed by atoms with Crippen molar-refractivity contribution in [2.24, 2.45) is 34.5 Å². The van der Waals surface area contributed by atoms with Gasteiger partial charge in [-0.25, -0.2) is 0 Å². The number of rotatable bonds is 5. The molecular formula is C26H42O4. The predicted molar refractivity (Wildman–Crippen MR) is 118 cm³/mol. The topological polar surface area (TPSA) is 77.8 Å². The van der Waals surface area contributed by atoms with Gasteiger partial charge >= 0.3 is 0 Å². The smallest absolute Gasteiger partial charge is 0.159 e. The third-order valence-electron chi connectivity index (χ3n) is 10.1. The minimum atomic E-state index is -0.912. The molecule has 3 saturated carbocycles. The van der Waals surface area contributed by atoms with Gasteiger partial charge in [-0.05, 0) is 73.3 Å². The molecule has 30 heavy (non-hydrogen) atoms. The number of aliphatic hydroxyl groups is 3. The SMILES string of the molecule is CCCCC[C@@H](C)[C@H]1CC[C@@]2(O)C3=CC(=O)[C@@H]4C[C@@H](O)[C@@H](O)C[C@]4(C)[C@H]3CC[C@]12C. The van der Waals surface area contributed by atoms with Crippen LogP contribution in [0.2, 0.25) is 0 Å². The van der Waals surface area contributed by atoms with Crippen LogP contribution in [0.1, 0.15) is 91.9 Å². The molecule has 0 bridgehead atoms. The van der Waals surface area contributed by atoms with Crippen LogP contribution in [0.25, 0.3) is 0 Å². The summed E-state index contributed by atoms with van der Waals surface area (Å²) in [6.45, 7) is 8.99. The molecule has 0 amide bonds. The molecule has 0 aliphatic heterocycles. The van der Waals surface area contributed by atoms with Crippen LogP contribution in [0.15, 0.2) is 11.6 Å². The molecule has 0 spiro atoms. The lowest BCUT2D eigenvalue weighted by Crippen LogP contribution is -2.60. The average molecular weight is 419 g/mol. The van der Waals surface area contributed by atoms with E-state index in [1.54, 1.807) is 6.08 Å². The fraction of sp³-hybridized carbons (Fsp3) is 0.885. The summed E-state index contributed by atoms with van der Waals surface area (Å²) in [6.07, 6.45) is 9.63. The Bertz CT molecular complexity index is 716. The minimum absolute atomic E-state index is 0.0480. The molecule has 4 aliphatic carbocycles. The van der Waals surface area contributed by atoms with Gasteiger partial charge in [-0.15, -0.1) is 0 Å². The second kappa shape index (κ2) is 7.71. The van der Waals surface area contributed by atoms with Gasteiger partial charge in [-0.1, -0.05) is 53.4 Å². The van der Waals surface area contributed by atoms with Crippen molar-refractivity contribution in [1.29, 1.82) is 0 Å². The summed E-state index contributed by atoms with van der Waals surface area (Å²) in [5, 5.41) is 32.8. The number of allylic oxidation sites excluding steroid dienone is 1. The molecule has 0 aromatic carbocycles. The number of ketones is 1. The monoisotopic (exact) mass is 418 g/mol.